The van der Waals surface area contributed by atoms with Crippen LogP contribution < -0.4 is 20.1 Å². The number of hydrogen-bond acceptors (Lipinski definition) is 5. The summed E-state index contributed by atoms with van der Waals surface area (Å²) in [7, 11) is 0. The highest BCUT2D eigenvalue weighted by Gasteiger charge is 2.42. The van der Waals surface area contributed by atoms with Crippen molar-refractivity contribution in [2.24, 2.45) is 0 Å². The lowest BCUT2D eigenvalue weighted by molar-refractivity contribution is -0.126. The lowest BCUT2D eigenvalue weighted by atomic mass is 9.94. The summed E-state index contributed by atoms with van der Waals surface area (Å²) in [5.41, 5.74) is 1.09. The van der Waals surface area contributed by atoms with Gasteiger partial charge in [0.1, 0.15) is 11.9 Å². The van der Waals surface area contributed by atoms with E-state index < -0.39 is 17.1 Å². The number of ether oxygens (including phenoxy) is 2. The molecule has 1 saturated carbocycles. The lowest BCUT2D eigenvalue weighted by Crippen LogP contribution is -2.52. The molecule has 6 nitrogen and oxygen atoms in total. The van der Waals surface area contributed by atoms with Crippen LogP contribution >= 0.6 is 11.8 Å². The van der Waals surface area contributed by atoms with Crippen LogP contribution in [0, 0.1) is 5.82 Å². The van der Waals surface area contributed by atoms with Crippen LogP contribution in [0.2, 0.25) is 0 Å². The van der Waals surface area contributed by atoms with E-state index in [-0.39, 0.29) is 17.6 Å². The predicted octanol–water partition coefficient (Wildman–Crippen LogP) is 4.04. The molecular weight excluding hydrogens is 431 g/mol. The van der Waals surface area contributed by atoms with Gasteiger partial charge in [-0.25, -0.2) is 4.39 Å². The van der Waals surface area contributed by atoms with Gasteiger partial charge < -0.3 is 20.1 Å². The predicted molar refractivity (Wildman–Crippen MR) is 120 cm³/mol. The summed E-state index contributed by atoms with van der Waals surface area (Å²) in [5.74, 6) is 0.322. The molecule has 1 spiro atoms. The zero-order valence-corrected chi connectivity index (χ0v) is 18.4. The minimum Gasteiger partial charge on any atom is -0.448 e. The topological polar surface area (TPSA) is 76.7 Å². The average molecular weight is 457 g/mol. The van der Waals surface area contributed by atoms with Crippen LogP contribution in [-0.2, 0) is 16.0 Å². The maximum absolute atomic E-state index is 13.9. The van der Waals surface area contributed by atoms with Gasteiger partial charge in [0.05, 0.1) is 5.25 Å². The summed E-state index contributed by atoms with van der Waals surface area (Å²) in [5, 5.41) is 5.22. The highest BCUT2D eigenvalue weighted by atomic mass is 32.2. The molecule has 2 aromatic rings. The van der Waals surface area contributed by atoms with Gasteiger partial charge in [-0.3, -0.25) is 9.59 Å². The third-order valence-corrected chi connectivity index (χ3v) is 7.48. The Morgan fingerprint density at radius 2 is 1.91 bits per heavy atom. The van der Waals surface area contributed by atoms with E-state index >= 15 is 0 Å². The number of carbonyl (C=O) groups is 2. The van der Waals surface area contributed by atoms with E-state index in [2.05, 4.69) is 10.6 Å². The lowest BCUT2D eigenvalue weighted by Gasteiger charge is -2.31. The van der Waals surface area contributed by atoms with Crippen LogP contribution in [0.15, 0.2) is 42.5 Å². The van der Waals surface area contributed by atoms with Gasteiger partial charge in [0.15, 0.2) is 11.5 Å². The number of fused-ring (bicyclic) bond motifs is 1. The van der Waals surface area contributed by atoms with Gasteiger partial charge in [0.25, 0.3) is 5.79 Å². The summed E-state index contributed by atoms with van der Waals surface area (Å²) in [6.45, 7) is 0. The molecular formula is C24H25FN2O4S. The first-order valence-electron chi connectivity index (χ1n) is 11.0. The van der Waals surface area contributed by atoms with Gasteiger partial charge in [-0.2, -0.15) is 0 Å². The van der Waals surface area contributed by atoms with Crippen molar-refractivity contribution >= 4 is 29.3 Å². The normalized spacial score (nSPS) is 23.6. The molecule has 2 N–H and O–H groups in total. The van der Waals surface area contributed by atoms with Crippen LogP contribution in [-0.4, -0.2) is 34.6 Å². The maximum atomic E-state index is 13.9. The Morgan fingerprint density at radius 3 is 2.69 bits per heavy atom. The number of carbonyl (C=O) groups excluding carboxylic acids is 2. The van der Waals surface area contributed by atoms with Gasteiger partial charge in [-0.15, -0.1) is 11.8 Å². The zero-order valence-electron chi connectivity index (χ0n) is 17.6. The molecule has 1 saturated heterocycles. The zero-order chi connectivity index (χ0) is 22.1. The van der Waals surface area contributed by atoms with Gasteiger partial charge in [-0.05, 0) is 43.0 Å². The number of benzene rings is 2. The van der Waals surface area contributed by atoms with Crippen molar-refractivity contribution in [2.45, 2.75) is 55.6 Å². The van der Waals surface area contributed by atoms with Crippen molar-refractivity contribution in [3.8, 4) is 11.5 Å². The summed E-state index contributed by atoms with van der Waals surface area (Å²) in [6, 6.07) is 11.2. The van der Waals surface area contributed by atoms with Crippen LogP contribution in [0.5, 0.6) is 11.5 Å². The van der Waals surface area contributed by atoms with Crippen LogP contribution in [0.1, 0.15) is 37.7 Å². The number of halogens is 1. The second-order valence-electron chi connectivity index (χ2n) is 8.50. The first-order valence-corrected chi connectivity index (χ1v) is 12.0. The molecule has 2 amide bonds. The van der Waals surface area contributed by atoms with Gasteiger partial charge in [-0.1, -0.05) is 24.6 Å². The summed E-state index contributed by atoms with van der Waals surface area (Å²) in [6.07, 6.45) is 5.37. The maximum Gasteiger partial charge on any atom is 0.251 e. The van der Waals surface area contributed by atoms with Gasteiger partial charge in [0.2, 0.25) is 11.8 Å². The van der Waals surface area contributed by atoms with Crippen LogP contribution in [0.4, 0.5) is 10.1 Å². The Balaban J connectivity index is 1.18. The summed E-state index contributed by atoms with van der Waals surface area (Å²) in [4.78, 5) is 25.3. The molecule has 2 aromatic carbocycles. The van der Waals surface area contributed by atoms with E-state index in [9.17, 15) is 14.0 Å². The van der Waals surface area contributed by atoms with Crippen LogP contribution in [0.3, 0.4) is 0 Å². The fraction of sp³-hybridized carbons (Fsp3) is 0.417. The van der Waals surface area contributed by atoms with Crippen molar-refractivity contribution in [1.82, 2.24) is 5.32 Å². The number of hydrogen-bond donors (Lipinski definition) is 2. The van der Waals surface area contributed by atoms with Crippen molar-refractivity contribution in [2.75, 3.05) is 11.1 Å². The fourth-order valence-electron chi connectivity index (χ4n) is 4.45. The number of anilines is 1. The van der Waals surface area contributed by atoms with Crippen LogP contribution in [0.25, 0.3) is 0 Å². The number of nitrogens with one attached hydrogen (secondary N) is 2. The Morgan fingerprint density at radius 1 is 1.12 bits per heavy atom. The second kappa shape index (κ2) is 8.65. The molecule has 2 aliphatic heterocycles. The standard InChI is InChI=1S/C24H25FN2O4S/c25-17-7-3-2-6-15(17)12-21-23(29)27-18(14-32-21)22(28)26-16-8-9-19-20(13-16)31-24(30-19)10-4-1-5-11-24/h2-3,6-9,13,18,21H,1,4-5,10-12,14H2,(H,26,28)(H,27,29)/t18-,21+/m0/s1. The molecule has 32 heavy (non-hydrogen) atoms. The average Bonchev–Trinajstić information content (AvgIpc) is 3.13. The van der Waals surface area contributed by atoms with Crippen molar-refractivity contribution in [3.63, 3.8) is 0 Å². The molecule has 2 fully saturated rings. The van der Waals surface area contributed by atoms with E-state index in [0.29, 0.717) is 34.9 Å². The van der Waals surface area contributed by atoms with E-state index in [4.69, 9.17) is 9.47 Å². The first-order chi connectivity index (χ1) is 15.5. The third-order valence-electron chi connectivity index (χ3n) is 6.17. The Hall–Kier alpha value is -2.74. The Bertz CT molecular complexity index is 1040. The largest absolute Gasteiger partial charge is 0.448 e. The molecule has 5 rings (SSSR count). The Kier molecular flexibility index (Phi) is 5.71. The molecule has 2 atom stereocenters. The van der Waals surface area contributed by atoms with E-state index in [0.717, 1.165) is 25.7 Å². The SMILES string of the molecule is O=C(Nc1ccc2c(c1)OC1(CCCCC1)O2)[C@@H]1CS[C@H](Cc2ccccc2F)C(=O)N1. The quantitative estimate of drug-likeness (QED) is 0.726. The van der Waals surface area contributed by atoms with Gasteiger partial charge in [0, 0.05) is 30.3 Å². The molecule has 8 heteroatoms. The monoisotopic (exact) mass is 456 g/mol. The highest BCUT2D eigenvalue weighted by Crippen LogP contribution is 2.46. The molecule has 2 heterocycles. The molecule has 168 valence electrons. The molecule has 0 bridgehead atoms. The third kappa shape index (κ3) is 4.28. The van der Waals surface area contributed by atoms with E-state index in [1.54, 1.807) is 30.3 Å². The molecule has 0 radical (unpaired) electrons. The summed E-state index contributed by atoms with van der Waals surface area (Å²) >= 11 is 1.37. The smallest absolute Gasteiger partial charge is 0.251 e. The number of rotatable bonds is 4. The van der Waals surface area contributed by atoms with Gasteiger partial charge >= 0.3 is 0 Å². The summed E-state index contributed by atoms with van der Waals surface area (Å²) < 4.78 is 26.1. The molecule has 0 unspecified atom stereocenters. The fourth-order valence-corrected chi connectivity index (χ4v) is 5.62. The minimum atomic E-state index is -0.653. The molecule has 1 aliphatic carbocycles. The van der Waals surface area contributed by atoms with Crippen molar-refractivity contribution in [3.05, 3.63) is 53.8 Å². The first kappa shape index (κ1) is 21.1. The molecule has 0 aromatic heterocycles. The molecule has 3 aliphatic rings. The van der Waals surface area contributed by atoms with Crippen molar-refractivity contribution in [1.29, 1.82) is 0 Å². The van der Waals surface area contributed by atoms with E-state index in [1.807, 2.05) is 6.07 Å². The number of amides is 2. The van der Waals surface area contributed by atoms with Crippen molar-refractivity contribution < 1.29 is 23.5 Å². The second-order valence-corrected chi connectivity index (χ2v) is 9.74. The number of thioether (sulfide) groups is 1. The van der Waals surface area contributed by atoms with E-state index in [1.165, 1.54) is 24.2 Å². The highest BCUT2D eigenvalue weighted by molar-refractivity contribution is 8.00. The minimum absolute atomic E-state index is 0.255. The Labute approximate surface area is 190 Å².